The van der Waals surface area contributed by atoms with E-state index < -0.39 is 0 Å². The number of aromatic nitrogens is 2. The second-order valence-corrected chi connectivity index (χ2v) is 6.16. The lowest BCUT2D eigenvalue weighted by atomic mass is 10.0. The number of aryl methyl sites for hydroxylation is 2. The molecule has 0 atom stereocenters. The highest BCUT2D eigenvalue weighted by atomic mass is 15.3. The van der Waals surface area contributed by atoms with Crippen molar-refractivity contribution in [2.75, 3.05) is 0 Å². The molecule has 0 aliphatic heterocycles. The van der Waals surface area contributed by atoms with Gasteiger partial charge in [0.1, 0.15) is 0 Å². The first-order valence-corrected chi connectivity index (χ1v) is 5.99. The van der Waals surface area contributed by atoms with Gasteiger partial charge in [-0.15, -0.1) is 0 Å². The van der Waals surface area contributed by atoms with Crippen LogP contribution in [0.5, 0.6) is 0 Å². The summed E-state index contributed by atoms with van der Waals surface area (Å²) in [7, 11) is 2.01. The SMILES string of the molecule is Cc1cc(CNC2C(C)(C)C2(C)C)n(C)n1. The molecule has 0 spiro atoms. The third-order valence-electron chi connectivity index (χ3n) is 4.61. The summed E-state index contributed by atoms with van der Waals surface area (Å²) in [5.74, 6) is 0. The van der Waals surface area contributed by atoms with Crippen molar-refractivity contribution in [2.24, 2.45) is 17.9 Å². The van der Waals surface area contributed by atoms with E-state index in [-0.39, 0.29) is 0 Å². The first kappa shape index (κ1) is 11.6. The summed E-state index contributed by atoms with van der Waals surface area (Å²) in [6.45, 7) is 12.3. The molecule has 0 aromatic carbocycles. The maximum atomic E-state index is 4.36. The topological polar surface area (TPSA) is 29.9 Å². The zero-order valence-electron chi connectivity index (χ0n) is 11.3. The summed E-state index contributed by atoms with van der Waals surface area (Å²) in [6, 6.07) is 2.75. The lowest BCUT2D eigenvalue weighted by Gasteiger charge is -2.06. The standard InChI is InChI=1S/C13H23N3/c1-9-7-10(16(6)15-9)8-14-11-12(2,3)13(11,4)5/h7,11,14H,8H2,1-6H3. The Morgan fingerprint density at radius 1 is 1.31 bits per heavy atom. The fourth-order valence-corrected chi connectivity index (χ4v) is 2.74. The molecule has 16 heavy (non-hydrogen) atoms. The van der Waals surface area contributed by atoms with Crippen molar-refractivity contribution in [3.8, 4) is 0 Å². The Hall–Kier alpha value is -0.830. The van der Waals surface area contributed by atoms with Crippen LogP contribution in [0.4, 0.5) is 0 Å². The molecule has 1 heterocycles. The van der Waals surface area contributed by atoms with Crippen molar-refractivity contribution < 1.29 is 0 Å². The van der Waals surface area contributed by atoms with E-state index in [9.17, 15) is 0 Å². The number of hydrogen-bond donors (Lipinski definition) is 1. The summed E-state index contributed by atoms with van der Waals surface area (Å²) < 4.78 is 1.96. The second-order valence-electron chi connectivity index (χ2n) is 6.16. The van der Waals surface area contributed by atoms with Gasteiger partial charge in [-0.1, -0.05) is 27.7 Å². The van der Waals surface area contributed by atoms with Crippen molar-refractivity contribution in [2.45, 2.75) is 47.2 Å². The van der Waals surface area contributed by atoms with Crippen LogP contribution >= 0.6 is 0 Å². The minimum absolute atomic E-state index is 0.403. The maximum absolute atomic E-state index is 4.36. The number of nitrogens with one attached hydrogen (secondary N) is 1. The molecule has 0 radical (unpaired) electrons. The highest BCUT2D eigenvalue weighted by Gasteiger charge is 2.64. The highest BCUT2D eigenvalue weighted by molar-refractivity contribution is 5.19. The quantitative estimate of drug-likeness (QED) is 0.848. The molecule has 90 valence electrons. The fourth-order valence-electron chi connectivity index (χ4n) is 2.74. The normalized spacial score (nSPS) is 22.4. The van der Waals surface area contributed by atoms with Crippen LogP contribution in [0, 0.1) is 17.8 Å². The minimum Gasteiger partial charge on any atom is -0.307 e. The number of nitrogens with zero attached hydrogens (tertiary/aromatic N) is 2. The van der Waals surface area contributed by atoms with Gasteiger partial charge in [-0.25, -0.2) is 0 Å². The summed E-state index contributed by atoms with van der Waals surface area (Å²) >= 11 is 0. The summed E-state index contributed by atoms with van der Waals surface area (Å²) in [6.07, 6.45) is 0. The van der Waals surface area contributed by atoms with Gasteiger partial charge in [0.15, 0.2) is 0 Å². The summed E-state index contributed by atoms with van der Waals surface area (Å²) in [5.41, 5.74) is 3.16. The Morgan fingerprint density at radius 2 is 1.88 bits per heavy atom. The van der Waals surface area contributed by atoms with Crippen molar-refractivity contribution in [1.29, 1.82) is 0 Å². The predicted octanol–water partition coefficient (Wildman–Crippen LogP) is 2.25. The Morgan fingerprint density at radius 3 is 2.25 bits per heavy atom. The smallest absolute Gasteiger partial charge is 0.0597 e. The van der Waals surface area contributed by atoms with Gasteiger partial charge >= 0.3 is 0 Å². The second kappa shape index (κ2) is 3.33. The lowest BCUT2D eigenvalue weighted by molar-refractivity contribution is 0.457. The van der Waals surface area contributed by atoms with Crippen molar-refractivity contribution >= 4 is 0 Å². The molecular formula is C13H23N3. The summed E-state index contributed by atoms with van der Waals surface area (Å²) in [5, 5.41) is 8.01. The van der Waals surface area contributed by atoms with Gasteiger partial charge in [0.2, 0.25) is 0 Å². The Balaban J connectivity index is 1.98. The molecule has 0 saturated heterocycles. The third kappa shape index (κ3) is 1.58. The van der Waals surface area contributed by atoms with Crippen LogP contribution in [0.2, 0.25) is 0 Å². The molecule has 1 aliphatic carbocycles. The highest BCUT2D eigenvalue weighted by Crippen LogP contribution is 2.62. The van der Waals surface area contributed by atoms with Crippen LogP contribution in [-0.4, -0.2) is 15.8 Å². The van der Waals surface area contributed by atoms with Crippen LogP contribution in [0.25, 0.3) is 0 Å². The molecule has 0 amide bonds. The molecular weight excluding hydrogens is 198 g/mol. The molecule has 1 saturated carbocycles. The molecule has 1 fully saturated rings. The molecule has 1 aliphatic rings. The molecule has 0 bridgehead atoms. The van der Waals surface area contributed by atoms with Gasteiger partial charge in [0.25, 0.3) is 0 Å². The van der Waals surface area contributed by atoms with E-state index >= 15 is 0 Å². The van der Waals surface area contributed by atoms with E-state index in [1.807, 2.05) is 18.7 Å². The van der Waals surface area contributed by atoms with Crippen molar-refractivity contribution in [3.63, 3.8) is 0 Å². The average molecular weight is 221 g/mol. The largest absolute Gasteiger partial charge is 0.307 e. The number of hydrogen-bond acceptors (Lipinski definition) is 2. The molecule has 1 N–H and O–H groups in total. The third-order valence-corrected chi connectivity index (χ3v) is 4.61. The van der Waals surface area contributed by atoms with Crippen LogP contribution in [0.1, 0.15) is 39.1 Å². The van der Waals surface area contributed by atoms with Crippen LogP contribution in [0.3, 0.4) is 0 Å². The molecule has 1 aromatic rings. The van der Waals surface area contributed by atoms with E-state index in [1.165, 1.54) is 5.69 Å². The maximum Gasteiger partial charge on any atom is 0.0597 e. The van der Waals surface area contributed by atoms with Crippen LogP contribution < -0.4 is 5.32 Å². The first-order chi connectivity index (χ1) is 7.26. The Bertz CT molecular complexity index is 387. The van der Waals surface area contributed by atoms with E-state index in [0.717, 1.165) is 12.2 Å². The monoisotopic (exact) mass is 221 g/mol. The number of rotatable bonds is 3. The molecule has 2 rings (SSSR count). The van der Waals surface area contributed by atoms with Gasteiger partial charge < -0.3 is 5.32 Å². The van der Waals surface area contributed by atoms with Gasteiger partial charge in [-0.2, -0.15) is 5.10 Å². The fraction of sp³-hybridized carbons (Fsp3) is 0.769. The van der Waals surface area contributed by atoms with E-state index in [0.29, 0.717) is 16.9 Å². The van der Waals surface area contributed by atoms with E-state index in [4.69, 9.17) is 0 Å². The molecule has 3 nitrogen and oxygen atoms in total. The minimum atomic E-state index is 0.403. The van der Waals surface area contributed by atoms with Crippen LogP contribution in [-0.2, 0) is 13.6 Å². The van der Waals surface area contributed by atoms with Gasteiger partial charge in [0.05, 0.1) is 11.4 Å². The summed E-state index contributed by atoms with van der Waals surface area (Å²) in [4.78, 5) is 0. The zero-order valence-corrected chi connectivity index (χ0v) is 11.3. The van der Waals surface area contributed by atoms with Crippen molar-refractivity contribution in [1.82, 2.24) is 15.1 Å². The van der Waals surface area contributed by atoms with Gasteiger partial charge in [-0.3, -0.25) is 4.68 Å². The van der Waals surface area contributed by atoms with Gasteiger partial charge in [0, 0.05) is 19.6 Å². The average Bonchev–Trinajstić information content (AvgIpc) is 2.38. The van der Waals surface area contributed by atoms with Crippen LogP contribution in [0.15, 0.2) is 6.07 Å². The van der Waals surface area contributed by atoms with E-state index in [1.54, 1.807) is 0 Å². The van der Waals surface area contributed by atoms with E-state index in [2.05, 4.69) is 44.2 Å². The van der Waals surface area contributed by atoms with Crippen molar-refractivity contribution in [3.05, 3.63) is 17.5 Å². The Kier molecular flexibility index (Phi) is 2.42. The Labute approximate surface area is 98.2 Å². The zero-order chi connectivity index (χ0) is 12.1. The first-order valence-electron chi connectivity index (χ1n) is 5.99. The molecule has 3 heteroatoms. The molecule has 0 unspecified atom stereocenters. The van der Waals surface area contributed by atoms with Gasteiger partial charge in [-0.05, 0) is 23.8 Å². The lowest BCUT2D eigenvalue weighted by Crippen LogP contribution is -2.23. The predicted molar refractivity (Wildman–Crippen MR) is 66.1 cm³/mol. The molecule has 1 aromatic heterocycles.